The van der Waals surface area contributed by atoms with Crippen LogP contribution in [0.5, 0.6) is 0 Å². The van der Waals surface area contributed by atoms with Gasteiger partial charge in [0.1, 0.15) is 0 Å². The van der Waals surface area contributed by atoms with Crippen molar-refractivity contribution in [1.82, 2.24) is 0 Å². The fourth-order valence-corrected chi connectivity index (χ4v) is 0.763. The molecule has 0 radical (unpaired) electrons. The van der Waals surface area contributed by atoms with Crippen molar-refractivity contribution in [2.24, 2.45) is 5.11 Å². The quantitative estimate of drug-likeness (QED) is 0.374. The minimum atomic E-state index is -1.31. The minimum Gasteiger partial charge on any atom is -0.287 e. The lowest BCUT2D eigenvalue weighted by Crippen LogP contribution is -1.99. The van der Waals surface area contributed by atoms with Crippen LogP contribution in [0.4, 0.5) is 8.78 Å². The summed E-state index contributed by atoms with van der Waals surface area (Å²) in [5.74, 6) is -3.60. The van der Waals surface area contributed by atoms with Gasteiger partial charge >= 0.3 is 0 Å². The second-order valence-corrected chi connectivity index (χ2v) is 2.10. The molecule has 13 heavy (non-hydrogen) atoms. The molecule has 0 aromatic heterocycles. The summed E-state index contributed by atoms with van der Waals surface area (Å²) in [6.45, 7) is 0. The third kappa shape index (κ3) is 1.80. The van der Waals surface area contributed by atoms with E-state index in [0.717, 1.165) is 18.2 Å². The standard InChI is InChI=1S/C7H3F2N3O/c8-5-3-1-2-4(6(5)9)7(13)11-12-10/h1-3H. The number of rotatable bonds is 1. The molecular formula is C7H3F2N3O. The first-order chi connectivity index (χ1) is 6.16. The Morgan fingerprint density at radius 1 is 1.46 bits per heavy atom. The summed E-state index contributed by atoms with van der Waals surface area (Å²) in [5.41, 5.74) is 7.31. The number of amides is 1. The van der Waals surface area contributed by atoms with Gasteiger partial charge in [-0.05, 0) is 22.8 Å². The third-order valence-electron chi connectivity index (χ3n) is 1.32. The van der Waals surface area contributed by atoms with E-state index in [9.17, 15) is 13.6 Å². The number of nitrogens with zero attached hydrogens (tertiary/aromatic N) is 3. The first-order valence-corrected chi connectivity index (χ1v) is 3.20. The van der Waals surface area contributed by atoms with Crippen molar-refractivity contribution in [3.05, 3.63) is 45.8 Å². The van der Waals surface area contributed by atoms with Crippen LogP contribution in [0.25, 0.3) is 10.4 Å². The molecule has 4 nitrogen and oxygen atoms in total. The molecule has 0 unspecified atom stereocenters. The molecule has 0 aliphatic rings. The van der Waals surface area contributed by atoms with Crippen molar-refractivity contribution >= 4 is 5.91 Å². The highest BCUT2D eigenvalue weighted by Crippen LogP contribution is 2.12. The van der Waals surface area contributed by atoms with E-state index >= 15 is 0 Å². The molecule has 1 aromatic rings. The van der Waals surface area contributed by atoms with Gasteiger partial charge in [0.25, 0.3) is 5.91 Å². The second kappa shape index (κ2) is 3.64. The second-order valence-electron chi connectivity index (χ2n) is 2.10. The van der Waals surface area contributed by atoms with Crippen molar-refractivity contribution in [2.45, 2.75) is 0 Å². The van der Waals surface area contributed by atoms with Gasteiger partial charge in [-0.3, -0.25) is 4.79 Å². The van der Waals surface area contributed by atoms with E-state index in [0.29, 0.717) is 0 Å². The van der Waals surface area contributed by atoms with Gasteiger partial charge in [-0.25, -0.2) is 8.78 Å². The summed E-state index contributed by atoms with van der Waals surface area (Å²) >= 11 is 0. The highest BCUT2D eigenvalue weighted by Gasteiger charge is 2.12. The normalized spacial score (nSPS) is 9.08. The number of azide groups is 1. The topological polar surface area (TPSA) is 65.8 Å². The average molecular weight is 183 g/mol. The van der Waals surface area contributed by atoms with Gasteiger partial charge in [-0.1, -0.05) is 6.07 Å². The van der Waals surface area contributed by atoms with Gasteiger partial charge in [0.05, 0.1) is 5.56 Å². The highest BCUT2D eigenvalue weighted by molar-refractivity contribution is 5.95. The predicted molar refractivity (Wildman–Crippen MR) is 39.8 cm³/mol. The lowest BCUT2D eigenvalue weighted by Gasteiger charge is -1.96. The van der Waals surface area contributed by atoms with Crippen molar-refractivity contribution in [1.29, 1.82) is 0 Å². The zero-order valence-electron chi connectivity index (χ0n) is 6.24. The van der Waals surface area contributed by atoms with E-state index in [1.165, 1.54) is 0 Å². The fourth-order valence-electron chi connectivity index (χ4n) is 0.763. The number of hydrogen-bond acceptors (Lipinski definition) is 1. The van der Waals surface area contributed by atoms with Crippen molar-refractivity contribution < 1.29 is 13.6 Å². The van der Waals surface area contributed by atoms with Crippen LogP contribution in [0, 0.1) is 11.6 Å². The molecule has 0 atom stereocenters. The molecule has 66 valence electrons. The molecular weight excluding hydrogens is 180 g/mol. The van der Waals surface area contributed by atoms with Gasteiger partial charge in [-0.2, -0.15) is 0 Å². The van der Waals surface area contributed by atoms with Gasteiger partial charge < -0.3 is 0 Å². The van der Waals surface area contributed by atoms with Crippen LogP contribution in [0.2, 0.25) is 0 Å². The van der Waals surface area contributed by atoms with Crippen molar-refractivity contribution in [3.63, 3.8) is 0 Å². The zero-order chi connectivity index (χ0) is 9.84. The Morgan fingerprint density at radius 2 is 2.15 bits per heavy atom. The Labute approximate surface area is 71.4 Å². The molecule has 6 heteroatoms. The summed E-state index contributed by atoms with van der Waals surface area (Å²) in [6, 6.07) is 3.05. The Bertz CT molecular complexity index is 399. The first-order valence-electron chi connectivity index (χ1n) is 3.20. The molecule has 0 bridgehead atoms. The largest absolute Gasteiger partial charge is 0.287 e. The van der Waals surface area contributed by atoms with Crippen LogP contribution in [0.15, 0.2) is 23.3 Å². The Hall–Kier alpha value is -1.94. The molecule has 0 heterocycles. The van der Waals surface area contributed by atoms with Crippen LogP contribution < -0.4 is 0 Å². The van der Waals surface area contributed by atoms with Crippen LogP contribution in [-0.2, 0) is 0 Å². The molecule has 0 spiro atoms. The van der Waals surface area contributed by atoms with Gasteiger partial charge in [0, 0.05) is 4.91 Å². The van der Waals surface area contributed by atoms with Crippen LogP contribution in [0.3, 0.4) is 0 Å². The fraction of sp³-hybridized carbons (Fsp3) is 0. The Balaban J connectivity index is 3.22. The van der Waals surface area contributed by atoms with Crippen molar-refractivity contribution in [2.75, 3.05) is 0 Å². The van der Waals surface area contributed by atoms with Crippen molar-refractivity contribution in [3.8, 4) is 0 Å². The average Bonchev–Trinajstić information content (AvgIpc) is 2.10. The lowest BCUT2D eigenvalue weighted by molar-refractivity contribution is 0.0995. The maximum atomic E-state index is 12.8. The molecule has 1 amide bonds. The summed E-state index contributed by atoms with van der Waals surface area (Å²) in [5, 5.41) is 2.63. The van der Waals surface area contributed by atoms with Gasteiger partial charge in [0.2, 0.25) is 0 Å². The summed E-state index contributed by atoms with van der Waals surface area (Å²) in [6.07, 6.45) is 0. The Kier molecular flexibility index (Phi) is 2.56. The van der Waals surface area contributed by atoms with Crippen LogP contribution in [0.1, 0.15) is 10.4 Å². The smallest absolute Gasteiger partial charge is 0.252 e. The summed E-state index contributed by atoms with van der Waals surface area (Å²) in [4.78, 5) is 13.0. The molecule has 0 saturated carbocycles. The predicted octanol–water partition coefficient (Wildman–Crippen LogP) is 2.42. The van der Waals surface area contributed by atoms with Gasteiger partial charge in [0.15, 0.2) is 11.6 Å². The zero-order valence-corrected chi connectivity index (χ0v) is 6.24. The molecule has 0 N–H and O–H groups in total. The Morgan fingerprint density at radius 3 is 2.77 bits per heavy atom. The van der Waals surface area contributed by atoms with E-state index in [-0.39, 0.29) is 0 Å². The van der Waals surface area contributed by atoms with E-state index in [1.807, 2.05) is 0 Å². The summed E-state index contributed by atoms with van der Waals surface area (Å²) in [7, 11) is 0. The SMILES string of the molecule is [N-]=[N+]=NC(=O)c1cccc(F)c1F. The molecule has 0 aliphatic heterocycles. The van der Waals surface area contributed by atoms with E-state index in [1.54, 1.807) is 0 Å². The molecule has 0 saturated heterocycles. The van der Waals surface area contributed by atoms with Gasteiger partial charge in [-0.15, -0.1) is 0 Å². The third-order valence-corrected chi connectivity index (χ3v) is 1.32. The molecule has 0 aliphatic carbocycles. The first kappa shape index (κ1) is 9.15. The number of halogens is 2. The number of carbonyl (C=O) groups is 1. The molecule has 0 fully saturated rings. The molecule has 1 aromatic carbocycles. The lowest BCUT2D eigenvalue weighted by atomic mass is 10.2. The minimum absolute atomic E-state index is 0.571. The summed E-state index contributed by atoms with van der Waals surface area (Å²) < 4.78 is 25.3. The van der Waals surface area contributed by atoms with Crippen LogP contribution in [-0.4, -0.2) is 5.91 Å². The van der Waals surface area contributed by atoms with Crippen LogP contribution >= 0.6 is 0 Å². The molecule has 1 rings (SSSR count). The number of hydrogen-bond donors (Lipinski definition) is 0. The maximum absolute atomic E-state index is 12.8. The monoisotopic (exact) mass is 183 g/mol. The number of carbonyl (C=O) groups excluding carboxylic acids is 1. The van der Waals surface area contributed by atoms with E-state index < -0.39 is 23.1 Å². The highest BCUT2D eigenvalue weighted by atomic mass is 19.2. The maximum Gasteiger partial charge on any atom is 0.252 e. The van der Waals surface area contributed by atoms with E-state index in [2.05, 4.69) is 10.0 Å². The van der Waals surface area contributed by atoms with E-state index in [4.69, 9.17) is 5.53 Å². The number of benzene rings is 1.